The highest BCUT2D eigenvalue weighted by Crippen LogP contribution is 2.26. The molecule has 0 amide bonds. The third-order valence-corrected chi connectivity index (χ3v) is 6.24. The molecule has 156 valence electrons. The van der Waals surface area contributed by atoms with E-state index in [2.05, 4.69) is 76.0 Å². The monoisotopic (exact) mass is 412 g/mol. The van der Waals surface area contributed by atoms with Crippen LogP contribution in [0.1, 0.15) is 13.3 Å². The molecule has 2 unspecified atom stereocenters. The van der Waals surface area contributed by atoms with E-state index < -0.39 is 0 Å². The average molecular weight is 413 g/mol. The molecule has 6 heteroatoms. The lowest BCUT2D eigenvalue weighted by Gasteiger charge is -2.20. The Balaban J connectivity index is 1.40. The highest BCUT2D eigenvalue weighted by molar-refractivity contribution is 8.00. The normalized spacial score (nSPS) is 17.8. The summed E-state index contributed by atoms with van der Waals surface area (Å²) in [7, 11) is 3.55. The molecule has 0 aromatic heterocycles. The lowest BCUT2D eigenvalue weighted by Crippen LogP contribution is -2.42. The summed E-state index contributed by atoms with van der Waals surface area (Å²) in [5, 5.41) is 7.43. The number of hydrogen-bond donors (Lipinski definition) is 2. The lowest BCUT2D eigenvalue weighted by atomic mass is 10.1. The molecule has 0 aliphatic carbocycles. The molecule has 3 rings (SSSR count). The van der Waals surface area contributed by atoms with Crippen molar-refractivity contribution >= 4 is 23.4 Å². The molecule has 2 N–H and O–H groups in total. The van der Waals surface area contributed by atoms with Gasteiger partial charge in [-0.05, 0) is 36.6 Å². The highest BCUT2D eigenvalue weighted by Gasteiger charge is 2.23. The molecular weight excluding hydrogens is 380 g/mol. The molecule has 29 heavy (non-hydrogen) atoms. The number of nitrogens with zero attached hydrogens (tertiary/aromatic N) is 2. The first-order valence-electron chi connectivity index (χ1n) is 10.2. The van der Waals surface area contributed by atoms with E-state index in [1.54, 1.807) is 7.11 Å². The van der Waals surface area contributed by atoms with Crippen molar-refractivity contribution in [1.29, 1.82) is 0 Å². The zero-order chi connectivity index (χ0) is 20.5. The Labute approximate surface area is 178 Å². The van der Waals surface area contributed by atoms with Crippen LogP contribution in [-0.4, -0.2) is 51.5 Å². The SMILES string of the molecule is CN=C(NCC1CCN(c2cccc(OC)c2)C1)NCC(C)Sc1ccccc1. The Morgan fingerprint density at radius 2 is 2.03 bits per heavy atom. The number of benzene rings is 2. The van der Waals surface area contributed by atoms with E-state index in [0.717, 1.165) is 37.9 Å². The minimum absolute atomic E-state index is 0.464. The van der Waals surface area contributed by atoms with Crippen LogP contribution in [0, 0.1) is 5.92 Å². The molecule has 0 spiro atoms. The molecule has 1 aliphatic heterocycles. The standard InChI is InChI=1S/C23H32N4OS/c1-18(29-22-10-5-4-6-11-22)15-25-23(24-2)26-16-19-12-13-27(17-19)20-8-7-9-21(14-20)28-3/h4-11,14,18-19H,12-13,15-17H2,1-3H3,(H2,24,25,26). The minimum atomic E-state index is 0.464. The lowest BCUT2D eigenvalue weighted by molar-refractivity contribution is 0.415. The Kier molecular flexibility index (Phi) is 8.11. The number of hydrogen-bond acceptors (Lipinski definition) is 4. The fourth-order valence-corrected chi connectivity index (χ4v) is 4.46. The van der Waals surface area contributed by atoms with Gasteiger partial charge in [0, 0.05) is 55.1 Å². The fourth-order valence-electron chi connectivity index (χ4n) is 3.52. The number of ether oxygens (including phenoxy) is 1. The summed E-state index contributed by atoms with van der Waals surface area (Å²) in [6.07, 6.45) is 1.18. The first-order chi connectivity index (χ1) is 14.2. The van der Waals surface area contributed by atoms with E-state index in [1.165, 1.54) is 17.0 Å². The van der Waals surface area contributed by atoms with Crippen LogP contribution in [0.2, 0.25) is 0 Å². The van der Waals surface area contributed by atoms with Crippen molar-refractivity contribution < 1.29 is 4.74 Å². The summed E-state index contributed by atoms with van der Waals surface area (Å²) in [6, 6.07) is 18.8. The maximum Gasteiger partial charge on any atom is 0.191 e. The van der Waals surface area contributed by atoms with Gasteiger partial charge < -0.3 is 20.3 Å². The van der Waals surface area contributed by atoms with Gasteiger partial charge in [0.2, 0.25) is 0 Å². The summed E-state index contributed by atoms with van der Waals surface area (Å²) in [5.74, 6) is 2.40. The van der Waals surface area contributed by atoms with Gasteiger partial charge >= 0.3 is 0 Å². The van der Waals surface area contributed by atoms with E-state index in [-0.39, 0.29) is 0 Å². The van der Waals surface area contributed by atoms with Gasteiger partial charge in [-0.1, -0.05) is 31.2 Å². The van der Waals surface area contributed by atoms with E-state index in [4.69, 9.17) is 4.74 Å². The van der Waals surface area contributed by atoms with Gasteiger partial charge in [0.15, 0.2) is 5.96 Å². The second-order valence-corrected chi connectivity index (χ2v) is 8.89. The highest BCUT2D eigenvalue weighted by atomic mass is 32.2. The van der Waals surface area contributed by atoms with Crippen molar-refractivity contribution in [1.82, 2.24) is 10.6 Å². The average Bonchev–Trinajstić information content (AvgIpc) is 3.24. The molecule has 2 aromatic rings. The number of thioether (sulfide) groups is 1. The number of nitrogens with one attached hydrogen (secondary N) is 2. The maximum atomic E-state index is 5.35. The topological polar surface area (TPSA) is 48.9 Å². The van der Waals surface area contributed by atoms with Crippen LogP contribution < -0.4 is 20.3 Å². The van der Waals surface area contributed by atoms with Crippen LogP contribution in [0.15, 0.2) is 64.5 Å². The molecule has 1 fully saturated rings. The molecule has 1 aliphatic rings. The fraction of sp³-hybridized carbons (Fsp3) is 0.435. The van der Waals surface area contributed by atoms with Crippen LogP contribution in [0.4, 0.5) is 5.69 Å². The summed E-state index contributed by atoms with van der Waals surface area (Å²) in [5.41, 5.74) is 1.24. The first-order valence-corrected chi connectivity index (χ1v) is 11.1. The van der Waals surface area contributed by atoms with Crippen LogP contribution >= 0.6 is 11.8 Å². The summed E-state index contributed by atoms with van der Waals surface area (Å²) >= 11 is 1.88. The van der Waals surface area contributed by atoms with Crippen molar-refractivity contribution in [3.05, 3.63) is 54.6 Å². The van der Waals surface area contributed by atoms with Crippen LogP contribution in [0.3, 0.4) is 0 Å². The molecule has 0 bridgehead atoms. The molecule has 0 radical (unpaired) electrons. The van der Waals surface area contributed by atoms with Gasteiger partial charge in [-0.15, -0.1) is 11.8 Å². The molecule has 1 saturated heterocycles. The smallest absolute Gasteiger partial charge is 0.191 e. The van der Waals surface area contributed by atoms with Crippen LogP contribution in [0.25, 0.3) is 0 Å². The van der Waals surface area contributed by atoms with Gasteiger partial charge in [-0.25, -0.2) is 0 Å². The van der Waals surface area contributed by atoms with E-state index >= 15 is 0 Å². The molecule has 5 nitrogen and oxygen atoms in total. The van der Waals surface area contributed by atoms with Crippen LogP contribution in [0.5, 0.6) is 5.75 Å². The number of guanidine groups is 1. The molecule has 2 atom stereocenters. The Morgan fingerprint density at radius 1 is 1.21 bits per heavy atom. The third-order valence-electron chi connectivity index (χ3n) is 5.12. The summed E-state index contributed by atoms with van der Waals surface area (Å²) in [6.45, 7) is 6.18. The van der Waals surface area contributed by atoms with Gasteiger partial charge in [0.25, 0.3) is 0 Å². The predicted molar refractivity (Wildman–Crippen MR) is 124 cm³/mol. The number of methoxy groups -OCH3 is 1. The zero-order valence-corrected chi connectivity index (χ0v) is 18.4. The first kappa shape index (κ1) is 21.4. The Hall–Kier alpha value is -2.34. The van der Waals surface area contributed by atoms with E-state index in [0.29, 0.717) is 11.2 Å². The number of anilines is 1. The number of aliphatic imine (C=N–C) groups is 1. The summed E-state index contributed by atoms with van der Waals surface area (Å²) in [4.78, 5) is 8.12. The van der Waals surface area contributed by atoms with E-state index in [9.17, 15) is 0 Å². The molecule has 2 aromatic carbocycles. The van der Waals surface area contributed by atoms with Crippen molar-refractivity contribution in [3.8, 4) is 5.75 Å². The predicted octanol–water partition coefficient (Wildman–Crippen LogP) is 3.87. The second-order valence-electron chi connectivity index (χ2n) is 7.38. The Morgan fingerprint density at radius 3 is 2.79 bits per heavy atom. The van der Waals surface area contributed by atoms with Gasteiger partial charge in [-0.3, -0.25) is 4.99 Å². The zero-order valence-electron chi connectivity index (χ0n) is 17.6. The number of rotatable bonds is 8. The molecule has 0 saturated carbocycles. The largest absolute Gasteiger partial charge is 0.497 e. The van der Waals surface area contributed by atoms with Gasteiger partial charge in [0.1, 0.15) is 5.75 Å². The van der Waals surface area contributed by atoms with Crippen molar-refractivity contribution in [2.24, 2.45) is 10.9 Å². The Bertz CT molecular complexity index is 783. The van der Waals surface area contributed by atoms with Gasteiger partial charge in [0.05, 0.1) is 7.11 Å². The second kappa shape index (κ2) is 11.0. The third kappa shape index (κ3) is 6.60. The molecule has 1 heterocycles. The minimum Gasteiger partial charge on any atom is -0.497 e. The van der Waals surface area contributed by atoms with Crippen LogP contribution in [-0.2, 0) is 0 Å². The van der Waals surface area contributed by atoms with Crippen molar-refractivity contribution in [2.45, 2.75) is 23.5 Å². The quantitative estimate of drug-likeness (QED) is 0.392. The summed E-state index contributed by atoms with van der Waals surface area (Å²) < 4.78 is 5.35. The van der Waals surface area contributed by atoms with E-state index in [1.807, 2.05) is 24.9 Å². The maximum absolute atomic E-state index is 5.35. The van der Waals surface area contributed by atoms with Gasteiger partial charge in [-0.2, -0.15) is 0 Å². The van der Waals surface area contributed by atoms with Crippen molar-refractivity contribution in [2.75, 3.05) is 45.2 Å². The molecular formula is C23H32N4OS. The van der Waals surface area contributed by atoms with Crippen molar-refractivity contribution in [3.63, 3.8) is 0 Å².